The van der Waals surface area contributed by atoms with Crippen molar-refractivity contribution in [1.82, 2.24) is 14.3 Å². The van der Waals surface area contributed by atoms with Crippen molar-refractivity contribution >= 4 is 27.6 Å². The summed E-state index contributed by atoms with van der Waals surface area (Å²) in [5.74, 6) is 0.310. The van der Waals surface area contributed by atoms with E-state index in [1.165, 1.54) is 30.8 Å². The van der Waals surface area contributed by atoms with Crippen LogP contribution >= 0.6 is 11.6 Å². The summed E-state index contributed by atoms with van der Waals surface area (Å²) in [6.45, 7) is 0.831. The topological polar surface area (TPSA) is 84.4 Å². The van der Waals surface area contributed by atoms with Gasteiger partial charge in [-0.1, -0.05) is 11.6 Å². The molecule has 0 spiro atoms. The number of rotatable bonds is 5. The number of ether oxygens (including phenoxy) is 1. The van der Waals surface area contributed by atoms with Crippen molar-refractivity contribution in [2.45, 2.75) is 6.04 Å². The third-order valence-corrected chi connectivity index (χ3v) is 5.27. The highest BCUT2D eigenvalue weighted by Crippen LogP contribution is 2.20. The lowest BCUT2D eigenvalue weighted by Gasteiger charge is -2.20. The minimum atomic E-state index is -3.26. The van der Waals surface area contributed by atoms with Crippen molar-refractivity contribution in [3.8, 4) is 0 Å². The highest BCUT2D eigenvalue weighted by molar-refractivity contribution is 7.89. The Labute approximate surface area is 123 Å². The van der Waals surface area contributed by atoms with E-state index in [-0.39, 0.29) is 17.7 Å². The number of sulfonamides is 1. The molecule has 2 heterocycles. The molecule has 2 rings (SSSR count). The van der Waals surface area contributed by atoms with Gasteiger partial charge in [-0.2, -0.15) is 0 Å². The van der Waals surface area contributed by atoms with Crippen LogP contribution in [0.4, 0.5) is 5.95 Å². The van der Waals surface area contributed by atoms with Gasteiger partial charge in [0.25, 0.3) is 0 Å². The second-order valence-corrected chi connectivity index (χ2v) is 7.50. The van der Waals surface area contributed by atoms with Crippen LogP contribution in [-0.4, -0.2) is 61.8 Å². The van der Waals surface area contributed by atoms with Crippen LogP contribution < -0.4 is 5.32 Å². The summed E-state index contributed by atoms with van der Waals surface area (Å²) >= 11 is 5.72. The van der Waals surface area contributed by atoms with Crippen molar-refractivity contribution in [1.29, 1.82) is 0 Å². The summed E-state index contributed by atoms with van der Waals surface area (Å²) in [6, 6.07) is -0.133. The number of nitrogens with one attached hydrogen (secondary N) is 1. The Morgan fingerprint density at radius 2 is 2.05 bits per heavy atom. The lowest BCUT2D eigenvalue weighted by atomic mass is 10.1. The first-order chi connectivity index (χ1) is 9.38. The maximum absolute atomic E-state index is 11.9. The van der Waals surface area contributed by atoms with E-state index in [1.807, 2.05) is 0 Å². The highest BCUT2D eigenvalue weighted by Gasteiger charge is 2.33. The molecule has 20 heavy (non-hydrogen) atoms. The van der Waals surface area contributed by atoms with Crippen molar-refractivity contribution in [2.75, 3.05) is 38.4 Å². The summed E-state index contributed by atoms with van der Waals surface area (Å²) in [5.41, 5.74) is 0. The third-order valence-electron chi connectivity index (χ3n) is 3.11. The van der Waals surface area contributed by atoms with E-state index in [9.17, 15) is 8.42 Å². The molecular weight excluding hydrogens is 304 g/mol. The molecule has 1 aromatic rings. The van der Waals surface area contributed by atoms with Gasteiger partial charge in [-0.05, 0) is 0 Å². The summed E-state index contributed by atoms with van der Waals surface area (Å²) in [4.78, 5) is 8.08. The lowest BCUT2D eigenvalue weighted by Crippen LogP contribution is -2.37. The number of hydrogen-bond donors (Lipinski definition) is 1. The minimum absolute atomic E-state index is 0.0330. The average Bonchev–Trinajstić information content (AvgIpc) is 2.79. The molecule has 1 fully saturated rings. The molecule has 1 aliphatic heterocycles. The molecule has 0 unspecified atom stereocenters. The molecule has 0 radical (unpaired) electrons. The van der Waals surface area contributed by atoms with Crippen LogP contribution in [0.1, 0.15) is 0 Å². The van der Waals surface area contributed by atoms with Crippen LogP contribution in [0, 0.1) is 5.92 Å². The zero-order valence-corrected chi connectivity index (χ0v) is 12.9. The summed E-state index contributed by atoms with van der Waals surface area (Å²) in [7, 11) is -0.215. The monoisotopic (exact) mass is 320 g/mol. The minimum Gasteiger partial charge on any atom is -0.379 e. The first-order valence-electron chi connectivity index (χ1n) is 6.10. The Bertz CT molecular complexity index is 549. The molecule has 0 bridgehead atoms. The molecule has 0 aromatic carbocycles. The number of nitrogens with zero attached hydrogens (tertiary/aromatic N) is 3. The SMILES string of the molecule is CN(C)S(=O)(=O)C[C@@H]1COC[C@H]1Nc1ncc(Cl)cn1. The predicted molar refractivity (Wildman–Crippen MR) is 76.2 cm³/mol. The quantitative estimate of drug-likeness (QED) is 0.848. The summed E-state index contributed by atoms with van der Waals surface area (Å²) in [5, 5.41) is 3.54. The van der Waals surface area contributed by atoms with Gasteiger partial charge in [0.1, 0.15) is 0 Å². The molecule has 9 heteroatoms. The Morgan fingerprint density at radius 3 is 2.65 bits per heavy atom. The molecule has 0 aliphatic carbocycles. The number of aromatic nitrogens is 2. The van der Waals surface area contributed by atoms with Gasteiger partial charge in [-0.25, -0.2) is 22.7 Å². The Kier molecular flexibility index (Phi) is 4.79. The van der Waals surface area contributed by atoms with Crippen LogP contribution in [0.3, 0.4) is 0 Å². The van der Waals surface area contributed by atoms with Gasteiger partial charge in [-0.15, -0.1) is 0 Å². The smallest absolute Gasteiger partial charge is 0.222 e. The van der Waals surface area contributed by atoms with E-state index < -0.39 is 10.0 Å². The van der Waals surface area contributed by atoms with Crippen LogP contribution in [0.5, 0.6) is 0 Å². The normalized spacial score (nSPS) is 23.2. The van der Waals surface area contributed by atoms with Crippen molar-refractivity contribution < 1.29 is 13.2 Å². The van der Waals surface area contributed by atoms with E-state index in [0.717, 1.165) is 0 Å². The molecule has 1 aromatic heterocycles. The Balaban J connectivity index is 2.02. The van der Waals surface area contributed by atoms with Crippen molar-refractivity contribution in [3.05, 3.63) is 17.4 Å². The zero-order valence-electron chi connectivity index (χ0n) is 11.3. The van der Waals surface area contributed by atoms with Gasteiger partial charge in [0.15, 0.2) is 0 Å². The van der Waals surface area contributed by atoms with Gasteiger partial charge in [0.05, 0.1) is 42.4 Å². The van der Waals surface area contributed by atoms with E-state index in [4.69, 9.17) is 16.3 Å². The maximum atomic E-state index is 11.9. The first kappa shape index (κ1) is 15.4. The van der Waals surface area contributed by atoms with Crippen molar-refractivity contribution in [3.63, 3.8) is 0 Å². The average molecular weight is 321 g/mol. The Hall–Kier alpha value is -0.960. The fraction of sp³-hybridized carbons (Fsp3) is 0.636. The van der Waals surface area contributed by atoms with E-state index in [1.54, 1.807) is 0 Å². The molecular formula is C11H17ClN4O3S. The van der Waals surface area contributed by atoms with Gasteiger partial charge >= 0.3 is 0 Å². The summed E-state index contributed by atoms with van der Waals surface area (Å²) < 4.78 is 30.4. The summed E-state index contributed by atoms with van der Waals surface area (Å²) in [6.07, 6.45) is 2.97. The van der Waals surface area contributed by atoms with Crippen LogP contribution in [-0.2, 0) is 14.8 Å². The van der Waals surface area contributed by atoms with Gasteiger partial charge in [0.2, 0.25) is 16.0 Å². The fourth-order valence-electron chi connectivity index (χ4n) is 1.89. The molecule has 0 amide bonds. The van der Waals surface area contributed by atoms with Gasteiger partial charge in [0, 0.05) is 20.0 Å². The molecule has 112 valence electrons. The second-order valence-electron chi connectivity index (χ2n) is 4.83. The van der Waals surface area contributed by atoms with E-state index in [2.05, 4.69) is 15.3 Å². The van der Waals surface area contributed by atoms with Crippen LogP contribution in [0.15, 0.2) is 12.4 Å². The number of halogens is 1. The molecule has 7 nitrogen and oxygen atoms in total. The molecule has 2 atom stereocenters. The van der Waals surface area contributed by atoms with Crippen LogP contribution in [0.2, 0.25) is 5.02 Å². The largest absolute Gasteiger partial charge is 0.379 e. The van der Waals surface area contributed by atoms with Crippen molar-refractivity contribution in [2.24, 2.45) is 5.92 Å². The lowest BCUT2D eigenvalue weighted by molar-refractivity contribution is 0.187. The molecule has 0 saturated carbocycles. The molecule has 1 N–H and O–H groups in total. The third kappa shape index (κ3) is 3.78. The second kappa shape index (κ2) is 6.21. The standard InChI is InChI=1S/C11H17ClN4O3S/c1-16(2)20(17,18)7-8-5-19-6-10(8)15-11-13-3-9(12)4-14-11/h3-4,8,10H,5-7H2,1-2H3,(H,13,14,15)/t8-,10+/m0/s1. The number of anilines is 1. The number of hydrogen-bond acceptors (Lipinski definition) is 6. The highest BCUT2D eigenvalue weighted by atomic mass is 35.5. The molecule has 1 aliphatic rings. The maximum Gasteiger partial charge on any atom is 0.222 e. The molecule has 1 saturated heterocycles. The Morgan fingerprint density at radius 1 is 1.40 bits per heavy atom. The van der Waals surface area contributed by atoms with Gasteiger partial charge < -0.3 is 10.1 Å². The van der Waals surface area contributed by atoms with E-state index >= 15 is 0 Å². The van der Waals surface area contributed by atoms with Gasteiger partial charge in [-0.3, -0.25) is 0 Å². The first-order valence-corrected chi connectivity index (χ1v) is 8.09. The van der Waals surface area contributed by atoms with E-state index in [0.29, 0.717) is 24.2 Å². The van der Waals surface area contributed by atoms with Crippen LogP contribution in [0.25, 0.3) is 0 Å². The fourth-order valence-corrected chi connectivity index (χ4v) is 3.16. The predicted octanol–water partition coefficient (Wildman–Crippen LogP) is 0.448. The zero-order chi connectivity index (χ0) is 14.8.